The monoisotopic (exact) mass is 406 g/mol. The first kappa shape index (κ1) is 17.9. The highest BCUT2D eigenvalue weighted by Gasteiger charge is 2.20. The van der Waals surface area contributed by atoms with Crippen molar-refractivity contribution in [3.05, 3.63) is 41.1 Å². The van der Waals surface area contributed by atoms with Gasteiger partial charge in [0.15, 0.2) is 0 Å². The Morgan fingerprint density at radius 1 is 1.28 bits per heavy atom. The number of ether oxygens (including phenoxy) is 1. The molecule has 0 spiro atoms. The van der Waals surface area contributed by atoms with E-state index in [-0.39, 0.29) is 6.61 Å². The maximum absolute atomic E-state index is 9.37. The number of piperidine rings is 1. The standard InChI is InChI=1S/C18H23BrN4O2/c19-15-3-5-16(6-4-15)25-9-7-20-17-10-18(22-13-21-17)23-8-1-2-14(11-23)12-24/h3-6,10,13-14,24H,1-2,7-9,11-12H2,(H,20,21,22). The predicted octanol–water partition coefficient (Wildman–Crippen LogP) is 2.94. The quantitative estimate of drug-likeness (QED) is 0.688. The van der Waals surface area contributed by atoms with Crippen LogP contribution in [0.3, 0.4) is 0 Å². The lowest BCUT2D eigenvalue weighted by Gasteiger charge is -2.32. The van der Waals surface area contributed by atoms with Crippen molar-refractivity contribution in [3.8, 4) is 5.75 Å². The normalized spacial score (nSPS) is 17.4. The number of halogens is 1. The molecule has 0 amide bonds. The summed E-state index contributed by atoms with van der Waals surface area (Å²) < 4.78 is 6.73. The van der Waals surface area contributed by atoms with Crippen LogP contribution in [0, 0.1) is 5.92 Å². The highest BCUT2D eigenvalue weighted by atomic mass is 79.9. The molecule has 1 aliphatic rings. The number of anilines is 2. The fraction of sp³-hybridized carbons (Fsp3) is 0.444. The lowest BCUT2D eigenvalue weighted by Crippen LogP contribution is -2.37. The lowest BCUT2D eigenvalue weighted by atomic mass is 9.99. The van der Waals surface area contributed by atoms with Crippen LogP contribution >= 0.6 is 15.9 Å². The molecule has 2 heterocycles. The van der Waals surface area contributed by atoms with E-state index in [0.29, 0.717) is 19.1 Å². The minimum absolute atomic E-state index is 0.236. The van der Waals surface area contributed by atoms with Crippen molar-refractivity contribution in [2.24, 2.45) is 5.92 Å². The molecule has 1 atom stereocenters. The average molecular weight is 407 g/mol. The Balaban J connectivity index is 1.49. The zero-order valence-electron chi connectivity index (χ0n) is 14.1. The van der Waals surface area contributed by atoms with E-state index in [1.165, 1.54) is 0 Å². The number of nitrogens with zero attached hydrogens (tertiary/aromatic N) is 3. The number of aromatic nitrogens is 2. The summed E-state index contributed by atoms with van der Waals surface area (Å²) in [4.78, 5) is 10.9. The summed E-state index contributed by atoms with van der Waals surface area (Å²) >= 11 is 3.41. The van der Waals surface area contributed by atoms with Crippen LogP contribution in [0.15, 0.2) is 41.1 Å². The van der Waals surface area contributed by atoms with Crippen molar-refractivity contribution in [1.29, 1.82) is 0 Å². The largest absolute Gasteiger partial charge is 0.492 e. The molecular formula is C18H23BrN4O2. The van der Waals surface area contributed by atoms with Gasteiger partial charge in [0.25, 0.3) is 0 Å². The van der Waals surface area contributed by atoms with Gasteiger partial charge in [0.2, 0.25) is 0 Å². The number of nitrogens with one attached hydrogen (secondary N) is 1. The van der Waals surface area contributed by atoms with Crippen molar-refractivity contribution in [1.82, 2.24) is 9.97 Å². The molecule has 25 heavy (non-hydrogen) atoms. The Hall–Kier alpha value is -1.86. The van der Waals surface area contributed by atoms with Crippen molar-refractivity contribution in [2.45, 2.75) is 12.8 Å². The summed E-state index contributed by atoms with van der Waals surface area (Å²) in [5.74, 6) is 2.87. The van der Waals surface area contributed by atoms with Crippen molar-refractivity contribution in [3.63, 3.8) is 0 Å². The van der Waals surface area contributed by atoms with Gasteiger partial charge in [-0.15, -0.1) is 0 Å². The fourth-order valence-electron chi connectivity index (χ4n) is 2.92. The van der Waals surface area contributed by atoms with Gasteiger partial charge in [-0.2, -0.15) is 0 Å². The van der Waals surface area contributed by atoms with Gasteiger partial charge in [-0.3, -0.25) is 0 Å². The van der Waals surface area contributed by atoms with Crippen LogP contribution in [0.25, 0.3) is 0 Å². The van der Waals surface area contributed by atoms with E-state index in [0.717, 1.165) is 47.8 Å². The second-order valence-electron chi connectivity index (χ2n) is 6.13. The second kappa shape index (κ2) is 9.01. The first-order valence-electron chi connectivity index (χ1n) is 8.54. The molecule has 134 valence electrons. The molecule has 1 aliphatic heterocycles. The molecule has 2 N–H and O–H groups in total. The molecule has 0 saturated carbocycles. The summed E-state index contributed by atoms with van der Waals surface area (Å²) in [5, 5.41) is 12.6. The molecule has 1 aromatic carbocycles. The van der Waals surface area contributed by atoms with Crippen LogP contribution in [0.4, 0.5) is 11.6 Å². The van der Waals surface area contributed by atoms with Crippen LogP contribution in [-0.2, 0) is 0 Å². The first-order chi connectivity index (χ1) is 12.2. The maximum atomic E-state index is 9.37. The Labute approximate surface area is 156 Å². The van der Waals surface area contributed by atoms with E-state index in [1.54, 1.807) is 6.33 Å². The number of aliphatic hydroxyl groups excluding tert-OH is 1. The van der Waals surface area contributed by atoms with Gasteiger partial charge in [-0.05, 0) is 43.0 Å². The van der Waals surface area contributed by atoms with Crippen LogP contribution < -0.4 is 15.0 Å². The van der Waals surface area contributed by atoms with Gasteiger partial charge in [0.1, 0.15) is 30.3 Å². The Bertz CT molecular complexity index is 668. The molecule has 7 heteroatoms. The number of benzene rings is 1. The van der Waals surface area contributed by atoms with Crippen LogP contribution in [0.2, 0.25) is 0 Å². The molecule has 2 aromatic rings. The van der Waals surface area contributed by atoms with E-state index >= 15 is 0 Å². The third-order valence-corrected chi connectivity index (χ3v) is 4.77. The molecule has 1 saturated heterocycles. The number of hydrogen-bond acceptors (Lipinski definition) is 6. The number of aliphatic hydroxyl groups is 1. The third kappa shape index (κ3) is 5.31. The van der Waals surface area contributed by atoms with E-state index in [1.807, 2.05) is 30.3 Å². The van der Waals surface area contributed by atoms with E-state index in [2.05, 4.69) is 36.1 Å². The Kier molecular flexibility index (Phi) is 6.47. The summed E-state index contributed by atoms with van der Waals surface area (Å²) in [6, 6.07) is 9.73. The molecule has 1 aromatic heterocycles. The fourth-order valence-corrected chi connectivity index (χ4v) is 3.18. The topological polar surface area (TPSA) is 70.5 Å². The highest BCUT2D eigenvalue weighted by Crippen LogP contribution is 2.22. The lowest BCUT2D eigenvalue weighted by molar-refractivity contribution is 0.208. The van der Waals surface area contributed by atoms with E-state index in [9.17, 15) is 5.11 Å². The van der Waals surface area contributed by atoms with Gasteiger partial charge >= 0.3 is 0 Å². The van der Waals surface area contributed by atoms with E-state index in [4.69, 9.17) is 4.74 Å². The van der Waals surface area contributed by atoms with E-state index < -0.39 is 0 Å². The smallest absolute Gasteiger partial charge is 0.134 e. The van der Waals surface area contributed by atoms with Crippen LogP contribution in [0.1, 0.15) is 12.8 Å². The Morgan fingerprint density at radius 3 is 2.92 bits per heavy atom. The maximum Gasteiger partial charge on any atom is 0.134 e. The zero-order valence-corrected chi connectivity index (χ0v) is 15.7. The summed E-state index contributed by atoms with van der Waals surface area (Å²) in [5.41, 5.74) is 0. The van der Waals surface area contributed by atoms with Gasteiger partial charge in [-0.25, -0.2) is 9.97 Å². The molecular weight excluding hydrogens is 384 g/mol. The summed E-state index contributed by atoms with van der Waals surface area (Å²) in [7, 11) is 0. The van der Waals surface area contributed by atoms with Crippen molar-refractivity contribution in [2.75, 3.05) is 43.1 Å². The second-order valence-corrected chi connectivity index (χ2v) is 7.04. The average Bonchev–Trinajstić information content (AvgIpc) is 2.67. The molecule has 0 bridgehead atoms. The number of hydrogen-bond donors (Lipinski definition) is 2. The van der Waals surface area contributed by atoms with Gasteiger partial charge in [0, 0.05) is 30.2 Å². The van der Waals surface area contributed by atoms with Gasteiger partial charge in [0.05, 0.1) is 6.54 Å². The molecule has 0 aliphatic carbocycles. The first-order valence-corrected chi connectivity index (χ1v) is 9.34. The number of rotatable bonds is 7. The van der Waals surface area contributed by atoms with Crippen LogP contribution in [-0.4, -0.2) is 47.9 Å². The summed E-state index contributed by atoms with van der Waals surface area (Å²) in [6.07, 6.45) is 3.74. The summed E-state index contributed by atoms with van der Waals surface area (Å²) in [6.45, 7) is 3.27. The minimum atomic E-state index is 0.236. The molecule has 6 nitrogen and oxygen atoms in total. The molecule has 0 radical (unpaired) electrons. The SMILES string of the molecule is OCC1CCCN(c2cc(NCCOc3ccc(Br)cc3)ncn2)C1. The Morgan fingerprint density at radius 2 is 2.12 bits per heavy atom. The molecule has 1 fully saturated rings. The predicted molar refractivity (Wildman–Crippen MR) is 102 cm³/mol. The molecule has 1 unspecified atom stereocenters. The molecule has 3 rings (SSSR count). The zero-order chi connectivity index (χ0) is 17.5. The third-order valence-electron chi connectivity index (χ3n) is 4.24. The van der Waals surface area contributed by atoms with Crippen molar-refractivity contribution >= 4 is 27.6 Å². The van der Waals surface area contributed by atoms with Gasteiger partial charge < -0.3 is 20.1 Å². The van der Waals surface area contributed by atoms with Crippen molar-refractivity contribution < 1.29 is 9.84 Å². The highest BCUT2D eigenvalue weighted by molar-refractivity contribution is 9.10. The van der Waals surface area contributed by atoms with Crippen LogP contribution in [0.5, 0.6) is 5.75 Å². The minimum Gasteiger partial charge on any atom is -0.492 e. The van der Waals surface area contributed by atoms with Gasteiger partial charge in [-0.1, -0.05) is 15.9 Å².